The first-order chi connectivity index (χ1) is 25.1. The van der Waals surface area contributed by atoms with Gasteiger partial charge in [0, 0.05) is 17.8 Å². The quantitative estimate of drug-likeness (QED) is 0.201. The number of hydrogen-bond acceptors (Lipinski definition) is 1. The van der Waals surface area contributed by atoms with Gasteiger partial charge in [0.25, 0.3) is 0 Å². The van der Waals surface area contributed by atoms with E-state index in [-0.39, 0.29) is 0 Å². The van der Waals surface area contributed by atoms with Gasteiger partial charge in [0.2, 0.25) is 0 Å². The molecule has 5 aliphatic carbocycles. The predicted molar refractivity (Wildman–Crippen MR) is 215 cm³/mol. The number of anilines is 1. The third kappa shape index (κ3) is 3.81. The summed E-state index contributed by atoms with van der Waals surface area (Å²) in [6.07, 6.45) is 17.5. The summed E-state index contributed by atoms with van der Waals surface area (Å²) in [5.74, 6) is 0. The highest BCUT2D eigenvalue weighted by atomic mass is 14.9. The summed E-state index contributed by atoms with van der Waals surface area (Å²) in [4.78, 5) is 0. The van der Waals surface area contributed by atoms with E-state index in [1.807, 2.05) is 0 Å². The topological polar surface area (TPSA) is 12.0 Å². The Morgan fingerprint density at radius 3 is 1.96 bits per heavy atom. The Kier molecular flexibility index (Phi) is 5.85. The molecule has 1 unspecified atom stereocenters. The Morgan fingerprint density at radius 2 is 1.18 bits per heavy atom. The molecule has 1 nitrogen and oxygen atoms in total. The van der Waals surface area contributed by atoms with Crippen molar-refractivity contribution in [2.24, 2.45) is 5.41 Å². The predicted octanol–water partition coefficient (Wildman–Crippen LogP) is 12.5. The molecule has 51 heavy (non-hydrogen) atoms. The van der Waals surface area contributed by atoms with Gasteiger partial charge in [-0.25, -0.2) is 0 Å². The lowest BCUT2D eigenvalue weighted by Crippen LogP contribution is -2.33. The molecule has 6 aromatic carbocycles. The lowest BCUT2D eigenvalue weighted by Gasteiger charge is -2.42. The summed E-state index contributed by atoms with van der Waals surface area (Å²) in [5, 5.41) is 6.81. The number of hydrogen-bond donors (Lipinski definition) is 1. The smallest absolute Gasteiger partial charge is 0.0798 e. The fraction of sp³-hybridized carbons (Fsp3) is 0.0800. The summed E-state index contributed by atoms with van der Waals surface area (Å²) < 4.78 is 0. The van der Waals surface area contributed by atoms with E-state index in [9.17, 15) is 0 Å². The van der Waals surface area contributed by atoms with Crippen molar-refractivity contribution in [3.05, 3.63) is 207 Å². The summed E-state index contributed by atoms with van der Waals surface area (Å²) in [5.41, 5.74) is 23.3. The Labute approximate surface area is 299 Å². The largest absolute Gasteiger partial charge is 0.357 e. The van der Waals surface area contributed by atoms with Gasteiger partial charge in [-0.15, -0.1) is 0 Å². The van der Waals surface area contributed by atoms with Crippen LogP contribution in [0, 0.1) is 19.3 Å². The van der Waals surface area contributed by atoms with Crippen molar-refractivity contribution >= 4 is 39.8 Å². The van der Waals surface area contributed by atoms with Crippen LogP contribution in [0.15, 0.2) is 162 Å². The third-order valence-corrected chi connectivity index (χ3v) is 12.1. The highest BCUT2D eigenvalue weighted by Gasteiger charge is 2.48. The molecule has 0 amide bonds. The fourth-order valence-corrected chi connectivity index (χ4v) is 9.67. The van der Waals surface area contributed by atoms with Gasteiger partial charge >= 0.3 is 0 Å². The van der Waals surface area contributed by atoms with Crippen molar-refractivity contribution < 1.29 is 0 Å². The van der Waals surface area contributed by atoms with Crippen LogP contribution in [0.3, 0.4) is 0 Å². The SMILES string of the molecule is Cc1c(C)c(-c2cccc3ccccc23)c2c(c1NC1=CC=C3C(=Cc4ccccc43)C13C=CC=C1C3=Cc3ccccc31)Cc1ccccc1-2. The molecule has 0 heterocycles. The Balaban J connectivity index is 1.15. The van der Waals surface area contributed by atoms with Crippen molar-refractivity contribution in [2.75, 3.05) is 5.32 Å². The number of fused-ring (bicyclic) bond motifs is 12. The zero-order valence-corrected chi connectivity index (χ0v) is 28.7. The molecule has 1 N–H and O–H groups in total. The van der Waals surface area contributed by atoms with Crippen LogP contribution in [-0.4, -0.2) is 0 Å². The average molecular weight is 650 g/mol. The number of rotatable bonds is 3. The Morgan fingerprint density at radius 1 is 0.549 bits per heavy atom. The molecule has 0 aliphatic heterocycles. The zero-order valence-electron chi connectivity index (χ0n) is 28.7. The molecule has 1 spiro atoms. The van der Waals surface area contributed by atoms with Gasteiger partial charge in [0.1, 0.15) is 0 Å². The molecular weight excluding hydrogens is 615 g/mol. The minimum Gasteiger partial charge on any atom is -0.357 e. The van der Waals surface area contributed by atoms with E-state index in [0.29, 0.717) is 0 Å². The van der Waals surface area contributed by atoms with Crippen molar-refractivity contribution in [1.82, 2.24) is 0 Å². The number of benzene rings is 6. The van der Waals surface area contributed by atoms with Crippen molar-refractivity contribution in [1.29, 1.82) is 0 Å². The molecule has 6 aromatic rings. The summed E-state index contributed by atoms with van der Waals surface area (Å²) in [7, 11) is 0. The molecule has 5 aliphatic rings. The van der Waals surface area contributed by atoms with Crippen LogP contribution < -0.4 is 5.32 Å². The van der Waals surface area contributed by atoms with Crippen molar-refractivity contribution in [3.63, 3.8) is 0 Å². The van der Waals surface area contributed by atoms with Crippen LogP contribution in [0.5, 0.6) is 0 Å². The zero-order chi connectivity index (χ0) is 33.8. The van der Waals surface area contributed by atoms with Crippen molar-refractivity contribution in [3.8, 4) is 22.3 Å². The van der Waals surface area contributed by atoms with Crippen LogP contribution in [-0.2, 0) is 6.42 Å². The summed E-state index contributed by atoms with van der Waals surface area (Å²) >= 11 is 0. The molecule has 0 radical (unpaired) electrons. The van der Waals surface area contributed by atoms with Gasteiger partial charge in [-0.2, -0.15) is 0 Å². The number of nitrogens with one attached hydrogen (secondary N) is 1. The summed E-state index contributed by atoms with van der Waals surface area (Å²) in [6, 6.07) is 42.3. The van der Waals surface area contributed by atoms with E-state index in [1.54, 1.807) is 0 Å². The first kappa shape index (κ1) is 28.6. The maximum Gasteiger partial charge on any atom is 0.0798 e. The molecule has 0 fully saturated rings. The molecule has 240 valence electrons. The van der Waals surface area contributed by atoms with Gasteiger partial charge < -0.3 is 5.32 Å². The first-order valence-electron chi connectivity index (χ1n) is 18.1. The normalized spacial score (nSPS) is 18.5. The van der Waals surface area contributed by atoms with E-state index >= 15 is 0 Å². The van der Waals surface area contributed by atoms with Crippen LogP contribution in [0.1, 0.15) is 44.5 Å². The molecule has 1 heteroatoms. The monoisotopic (exact) mass is 649 g/mol. The van der Waals surface area contributed by atoms with Crippen molar-refractivity contribution in [2.45, 2.75) is 20.3 Å². The fourth-order valence-electron chi connectivity index (χ4n) is 9.67. The molecule has 0 aromatic heterocycles. The second-order valence-corrected chi connectivity index (χ2v) is 14.5. The molecular formula is C50H35N. The number of allylic oxidation sites excluding steroid dienone is 7. The molecule has 1 atom stereocenters. The minimum atomic E-state index is -0.473. The summed E-state index contributed by atoms with van der Waals surface area (Å²) in [6.45, 7) is 4.65. The molecule has 0 saturated heterocycles. The maximum atomic E-state index is 4.24. The first-order valence-corrected chi connectivity index (χ1v) is 18.1. The van der Waals surface area contributed by atoms with Gasteiger partial charge in [-0.3, -0.25) is 0 Å². The highest BCUT2D eigenvalue weighted by molar-refractivity contribution is 6.08. The Hall–Kier alpha value is -6.18. The van der Waals surface area contributed by atoms with E-state index in [1.165, 1.54) is 111 Å². The average Bonchev–Trinajstić information content (AvgIpc) is 3.87. The lowest BCUT2D eigenvalue weighted by molar-refractivity contribution is 0.700. The molecule has 11 rings (SSSR count). The van der Waals surface area contributed by atoms with Gasteiger partial charge in [0.05, 0.1) is 5.41 Å². The highest BCUT2D eigenvalue weighted by Crippen LogP contribution is 2.62. The van der Waals surface area contributed by atoms with Crippen LogP contribution >= 0.6 is 0 Å². The van der Waals surface area contributed by atoms with E-state index in [2.05, 4.69) is 177 Å². The van der Waals surface area contributed by atoms with E-state index in [0.717, 1.165) is 6.42 Å². The molecule has 0 bridgehead atoms. The Bertz CT molecular complexity index is 2730. The maximum absolute atomic E-state index is 4.24. The van der Waals surface area contributed by atoms with Crippen LogP contribution in [0.2, 0.25) is 0 Å². The van der Waals surface area contributed by atoms with Crippen LogP contribution in [0.25, 0.3) is 56.3 Å². The second-order valence-electron chi connectivity index (χ2n) is 14.5. The standard InChI is InChI=1S/C50H35N/c1-30-31(2)49(43-27-33-14-6-10-21-39(33)48(43)47(30)42-22-11-17-32-13-3-7-18-36(32)42)51-46-25-24-41-38-20-9-5-16-35(38)29-45(41)50(46)26-12-23-40-37-19-8-4-15-34(37)28-44(40)50/h3-26,28-29,51H,27H2,1-2H3. The van der Waals surface area contributed by atoms with Crippen LogP contribution in [0.4, 0.5) is 5.69 Å². The van der Waals surface area contributed by atoms with Gasteiger partial charge in [-0.05, 0) is 132 Å². The molecule has 0 saturated carbocycles. The van der Waals surface area contributed by atoms with E-state index < -0.39 is 5.41 Å². The van der Waals surface area contributed by atoms with Gasteiger partial charge in [-0.1, -0.05) is 140 Å². The van der Waals surface area contributed by atoms with Gasteiger partial charge in [0.15, 0.2) is 0 Å². The lowest BCUT2D eigenvalue weighted by atomic mass is 9.63. The van der Waals surface area contributed by atoms with E-state index in [4.69, 9.17) is 0 Å². The minimum absolute atomic E-state index is 0.473. The second kappa shape index (κ2) is 10.4. The third-order valence-electron chi connectivity index (χ3n) is 12.1.